The fourth-order valence-electron chi connectivity index (χ4n) is 4.94. The second-order valence-corrected chi connectivity index (χ2v) is 13.3. The maximum Gasteiger partial charge on any atom is 0.264 e. The number of amides is 2. The molecule has 4 rings (SSSR count). The molecule has 46 heavy (non-hydrogen) atoms. The lowest BCUT2D eigenvalue weighted by Crippen LogP contribution is -2.53. The average molecular weight is 683 g/mol. The van der Waals surface area contributed by atoms with Crippen LogP contribution in [0, 0.1) is 6.92 Å². The number of ether oxygens (including phenoxy) is 1. The highest BCUT2D eigenvalue weighted by Gasteiger charge is 2.35. The Morgan fingerprint density at radius 1 is 0.848 bits per heavy atom. The second-order valence-electron chi connectivity index (χ2n) is 10.6. The summed E-state index contributed by atoms with van der Waals surface area (Å²) in [5, 5.41) is 3.47. The van der Waals surface area contributed by atoms with Gasteiger partial charge >= 0.3 is 0 Å². The Bertz CT molecular complexity index is 1710. The van der Waals surface area contributed by atoms with E-state index < -0.39 is 34.4 Å². The van der Waals surface area contributed by atoms with Gasteiger partial charge in [0.1, 0.15) is 18.3 Å². The first-order chi connectivity index (χ1) is 22.0. The lowest BCUT2D eigenvalue weighted by atomic mass is 10.0. The van der Waals surface area contributed by atoms with Gasteiger partial charge in [-0.05, 0) is 74.9 Å². The monoisotopic (exact) mass is 681 g/mol. The highest BCUT2D eigenvalue weighted by molar-refractivity contribution is 7.92. The molecule has 242 valence electrons. The van der Waals surface area contributed by atoms with Gasteiger partial charge in [0.15, 0.2) is 0 Å². The van der Waals surface area contributed by atoms with Crippen molar-refractivity contribution in [2.45, 2.75) is 44.7 Å². The van der Waals surface area contributed by atoms with E-state index >= 15 is 0 Å². The third-order valence-corrected chi connectivity index (χ3v) is 9.83. The highest BCUT2D eigenvalue weighted by atomic mass is 35.5. The predicted molar refractivity (Wildman–Crippen MR) is 183 cm³/mol. The summed E-state index contributed by atoms with van der Waals surface area (Å²) in [4.78, 5) is 29.5. The van der Waals surface area contributed by atoms with E-state index in [-0.39, 0.29) is 23.5 Å². The summed E-state index contributed by atoms with van der Waals surface area (Å²) in [6.07, 6.45) is 0.175. The first kappa shape index (κ1) is 34.8. The molecule has 11 heteroatoms. The van der Waals surface area contributed by atoms with E-state index in [0.717, 1.165) is 15.4 Å². The van der Waals surface area contributed by atoms with Crippen molar-refractivity contribution in [2.75, 3.05) is 24.0 Å². The fraction of sp³-hybridized carbons (Fsp3) is 0.257. The normalized spacial score (nSPS) is 11.8. The first-order valence-corrected chi connectivity index (χ1v) is 17.1. The third kappa shape index (κ3) is 8.60. The van der Waals surface area contributed by atoms with Crippen LogP contribution >= 0.6 is 23.2 Å². The lowest BCUT2D eigenvalue weighted by molar-refractivity contribution is -0.140. The molecule has 0 radical (unpaired) electrons. The molecule has 0 heterocycles. The minimum Gasteiger partial charge on any atom is -0.494 e. The lowest BCUT2D eigenvalue weighted by Gasteiger charge is -2.34. The van der Waals surface area contributed by atoms with E-state index in [9.17, 15) is 18.0 Å². The van der Waals surface area contributed by atoms with Crippen molar-refractivity contribution in [1.82, 2.24) is 10.2 Å². The fourth-order valence-corrected chi connectivity index (χ4v) is 6.87. The summed E-state index contributed by atoms with van der Waals surface area (Å²) in [6.45, 7) is 5.53. The van der Waals surface area contributed by atoms with Crippen molar-refractivity contribution >= 4 is 50.7 Å². The summed E-state index contributed by atoms with van der Waals surface area (Å²) in [5.41, 5.74) is 2.40. The van der Waals surface area contributed by atoms with Gasteiger partial charge in [0, 0.05) is 35.1 Å². The summed E-state index contributed by atoms with van der Waals surface area (Å²) >= 11 is 13.1. The number of nitrogens with one attached hydrogen (secondary N) is 1. The number of halogens is 2. The molecule has 0 fully saturated rings. The van der Waals surface area contributed by atoms with Crippen LogP contribution in [-0.2, 0) is 32.6 Å². The van der Waals surface area contributed by atoms with Gasteiger partial charge in [-0.3, -0.25) is 13.9 Å². The second kappa shape index (κ2) is 16.0. The van der Waals surface area contributed by atoms with E-state index in [1.54, 1.807) is 61.5 Å². The van der Waals surface area contributed by atoms with Gasteiger partial charge in [-0.1, -0.05) is 77.3 Å². The smallest absolute Gasteiger partial charge is 0.264 e. The van der Waals surface area contributed by atoms with Gasteiger partial charge in [-0.25, -0.2) is 8.42 Å². The Kier molecular flexibility index (Phi) is 12.1. The van der Waals surface area contributed by atoms with E-state index in [1.807, 2.05) is 44.2 Å². The standard InChI is InChI=1S/C35H37Cl2N3O5S/c1-4-38-35(42)33(22-26-10-7-6-8-11-26)39(23-30-31(36)12-9-13-32(30)37)34(41)24-40(27-16-18-28(19-17-27)45-5-2)46(43,44)29-20-14-25(3)15-21-29/h6-21,33H,4-5,22-24H2,1-3H3,(H,38,42)/t33-/m1/s1. The summed E-state index contributed by atoms with van der Waals surface area (Å²) in [5.74, 6) is -0.455. The van der Waals surface area contributed by atoms with Crippen LogP contribution in [0.25, 0.3) is 0 Å². The molecular weight excluding hydrogens is 645 g/mol. The summed E-state index contributed by atoms with van der Waals surface area (Å²) in [7, 11) is -4.24. The minimum absolute atomic E-state index is 0.0186. The Labute approximate surface area is 280 Å². The number of aryl methyl sites for hydroxylation is 1. The van der Waals surface area contributed by atoms with Crippen LogP contribution in [0.5, 0.6) is 5.75 Å². The number of likely N-dealkylation sites (N-methyl/N-ethyl adjacent to an activating group) is 1. The Morgan fingerprint density at radius 2 is 1.48 bits per heavy atom. The minimum atomic E-state index is -4.24. The molecule has 0 aliphatic carbocycles. The number of hydrogen-bond acceptors (Lipinski definition) is 5. The van der Waals surface area contributed by atoms with Crippen LogP contribution in [0.1, 0.15) is 30.5 Å². The van der Waals surface area contributed by atoms with Gasteiger partial charge in [0.05, 0.1) is 17.2 Å². The van der Waals surface area contributed by atoms with Crippen LogP contribution in [0.15, 0.2) is 102 Å². The summed E-state index contributed by atoms with van der Waals surface area (Å²) < 4.78 is 35.0. The molecule has 0 spiro atoms. The van der Waals surface area contributed by atoms with Crippen molar-refractivity contribution in [3.05, 3.63) is 124 Å². The van der Waals surface area contributed by atoms with Crippen LogP contribution < -0.4 is 14.4 Å². The molecule has 0 aromatic heterocycles. The number of hydrogen-bond donors (Lipinski definition) is 1. The van der Waals surface area contributed by atoms with E-state index in [0.29, 0.717) is 34.5 Å². The number of sulfonamides is 1. The summed E-state index contributed by atoms with van der Waals surface area (Å²) in [6, 6.07) is 26.2. The number of anilines is 1. The molecule has 2 amide bonds. The van der Waals surface area contributed by atoms with E-state index in [4.69, 9.17) is 27.9 Å². The Hall–Kier alpha value is -4.05. The topological polar surface area (TPSA) is 96.0 Å². The van der Waals surface area contributed by atoms with E-state index in [1.165, 1.54) is 17.0 Å². The zero-order valence-corrected chi connectivity index (χ0v) is 28.3. The largest absolute Gasteiger partial charge is 0.494 e. The number of rotatable bonds is 14. The van der Waals surface area contributed by atoms with E-state index in [2.05, 4.69) is 5.32 Å². The molecule has 1 atom stereocenters. The third-order valence-electron chi connectivity index (χ3n) is 7.34. The molecule has 0 saturated carbocycles. The zero-order chi connectivity index (χ0) is 33.3. The van der Waals surface area contributed by atoms with Crippen LogP contribution in [0.4, 0.5) is 5.69 Å². The van der Waals surface area contributed by atoms with Crippen molar-refractivity contribution in [1.29, 1.82) is 0 Å². The Morgan fingerprint density at radius 3 is 2.07 bits per heavy atom. The SMILES string of the molecule is CCNC(=O)[C@@H](Cc1ccccc1)N(Cc1c(Cl)cccc1Cl)C(=O)CN(c1ccc(OCC)cc1)S(=O)(=O)c1ccc(C)cc1. The number of carbonyl (C=O) groups is 2. The van der Waals surface area contributed by atoms with Crippen LogP contribution in [0.3, 0.4) is 0 Å². The molecule has 1 N–H and O–H groups in total. The number of carbonyl (C=O) groups excluding carboxylic acids is 2. The van der Waals surface area contributed by atoms with Gasteiger partial charge in [0.2, 0.25) is 11.8 Å². The van der Waals surface area contributed by atoms with Crippen molar-refractivity contribution in [2.24, 2.45) is 0 Å². The molecule has 0 unspecified atom stereocenters. The van der Waals surface area contributed by atoms with Gasteiger partial charge in [0.25, 0.3) is 10.0 Å². The average Bonchev–Trinajstić information content (AvgIpc) is 3.04. The van der Waals surface area contributed by atoms with Crippen LogP contribution in [0.2, 0.25) is 10.0 Å². The molecular formula is C35H37Cl2N3O5S. The molecule has 0 aliphatic heterocycles. The maximum atomic E-state index is 14.5. The Balaban J connectivity index is 1.82. The maximum absolute atomic E-state index is 14.5. The quantitative estimate of drug-likeness (QED) is 0.160. The number of benzene rings is 4. The van der Waals surface area contributed by atoms with Gasteiger partial charge in [-0.2, -0.15) is 0 Å². The molecule has 4 aromatic carbocycles. The first-order valence-electron chi connectivity index (χ1n) is 14.9. The number of nitrogens with zero attached hydrogens (tertiary/aromatic N) is 2. The van der Waals surface area contributed by atoms with Crippen LogP contribution in [-0.4, -0.2) is 50.9 Å². The molecule has 0 saturated heterocycles. The predicted octanol–water partition coefficient (Wildman–Crippen LogP) is 6.67. The zero-order valence-electron chi connectivity index (χ0n) is 26.0. The van der Waals surface area contributed by atoms with Crippen molar-refractivity contribution in [3.63, 3.8) is 0 Å². The van der Waals surface area contributed by atoms with Gasteiger partial charge in [-0.15, -0.1) is 0 Å². The highest BCUT2D eigenvalue weighted by Crippen LogP contribution is 2.30. The van der Waals surface area contributed by atoms with Crippen molar-refractivity contribution in [3.8, 4) is 5.75 Å². The van der Waals surface area contributed by atoms with Crippen molar-refractivity contribution < 1.29 is 22.7 Å². The molecule has 0 bridgehead atoms. The van der Waals surface area contributed by atoms with Gasteiger partial charge < -0.3 is 15.0 Å². The molecule has 8 nitrogen and oxygen atoms in total. The molecule has 4 aromatic rings. The molecule has 0 aliphatic rings.